The van der Waals surface area contributed by atoms with Gasteiger partial charge in [0.1, 0.15) is 11.5 Å². The number of ether oxygens (including phenoxy) is 1. The van der Waals surface area contributed by atoms with E-state index in [9.17, 15) is 18.8 Å². The molecule has 0 radical (unpaired) electrons. The van der Waals surface area contributed by atoms with Gasteiger partial charge in [-0.3, -0.25) is 9.69 Å². The molecule has 0 atom stereocenters. The molecule has 8 heteroatoms. The van der Waals surface area contributed by atoms with E-state index in [1.54, 1.807) is 0 Å². The molecule has 0 saturated carbocycles. The van der Waals surface area contributed by atoms with Crippen molar-refractivity contribution in [1.29, 1.82) is 0 Å². The first-order chi connectivity index (χ1) is 10.5. The van der Waals surface area contributed by atoms with Crippen LogP contribution in [0.25, 0.3) is 0 Å². The Labute approximate surface area is 124 Å². The number of halogens is 2. The molecule has 0 aliphatic rings. The number of carbonyl (C=O) groups is 1. The van der Waals surface area contributed by atoms with Crippen molar-refractivity contribution in [2.24, 2.45) is 0 Å². The average molecular weight is 309 g/mol. The number of nitrogens with zero attached hydrogens (tertiary/aromatic N) is 2. The third kappa shape index (κ3) is 3.02. The Balaban J connectivity index is 2.55. The maximum Gasteiger partial charge on any atom is 0.229 e. The summed E-state index contributed by atoms with van der Waals surface area (Å²) in [6, 6.07) is 4.70. The minimum atomic E-state index is -0.949. The number of hydrogen-bond donors (Lipinski definition) is 1. The van der Waals surface area contributed by atoms with E-state index in [2.05, 4.69) is 9.72 Å². The highest BCUT2D eigenvalue weighted by Gasteiger charge is 2.21. The first-order valence-corrected chi connectivity index (χ1v) is 6.23. The molecule has 1 amide bonds. The van der Waals surface area contributed by atoms with Crippen LogP contribution in [0.1, 0.15) is 6.92 Å². The lowest BCUT2D eigenvalue weighted by atomic mass is 10.2. The number of carbonyl (C=O) groups excluding carboxylic acids is 1. The van der Waals surface area contributed by atoms with Crippen LogP contribution in [-0.4, -0.2) is 18.0 Å². The summed E-state index contributed by atoms with van der Waals surface area (Å²) >= 11 is 0. The van der Waals surface area contributed by atoms with Crippen molar-refractivity contribution in [3.63, 3.8) is 0 Å². The number of nitrogens with two attached hydrogens (primary N) is 1. The second-order valence-corrected chi connectivity index (χ2v) is 4.36. The Morgan fingerprint density at radius 3 is 2.45 bits per heavy atom. The predicted molar refractivity (Wildman–Crippen MR) is 74.9 cm³/mol. The molecule has 2 aromatic rings. The van der Waals surface area contributed by atoms with Crippen LogP contribution >= 0.6 is 0 Å². The predicted octanol–water partition coefficient (Wildman–Crippen LogP) is 1.75. The van der Waals surface area contributed by atoms with Gasteiger partial charge in [0.25, 0.3) is 0 Å². The molecule has 0 spiro atoms. The fraction of sp³-hybridized carbons (Fsp3) is 0.143. The summed E-state index contributed by atoms with van der Waals surface area (Å²) in [6.07, 6.45) is 1.32. The molecule has 2 N–H and O–H groups in total. The van der Waals surface area contributed by atoms with Gasteiger partial charge in [-0.2, -0.15) is 0 Å². The number of rotatable bonds is 4. The third-order valence-electron chi connectivity index (χ3n) is 2.90. The normalized spacial score (nSPS) is 10.4. The van der Waals surface area contributed by atoms with Crippen LogP contribution < -0.4 is 15.1 Å². The molecule has 2 rings (SSSR count). The van der Waals surface area contributed by atoms with E-state index in [0.29, 0.717) is 5.48 Å². The smallest absolute Gasteiger partial charge is 0.229 e. The number of amides is 1. The zero-order valence-electron chi connectivity index (χ0n) is 11.8. The summed E-state index contributed by atoms with van der Waals surface area (Å²) in [6.45, 7) is 1.22. The van der Waals surface area contributed by atoms with Gasteiger partial charge in [-0.25, -0.2) is 13.8 Å². The monoisotopic (exact) mass is 309 g/mol. The van der Waals surface area contributed by atoms with E-state index in [4.69, 9.17) is 0 Å². The maximum absolute atomic E-state index is 13.8. The van der Waals surface area contributed by atoms with Crippen LogP contribution in [0, 0.1) is 16.8 Å². The van der Waals surface area contributed by atoms with Crippen molar-refractivity contribution >= 4 is 23.1 Å². The van der Waals surface area contributed by atoms with Crippen molar-refractivity contribution in [2.45, 2.75) is 6.92 Å². The Hall–Kier alpha value is -2.58. The summed E-state index contributed by atoms with van der Waals surface area (Å²) in [5.74, 6) is -2.87. The molecule has 0 aliphatic heterocycles. The van der Waals surface area contributed by atoms with Crippen molar-refractivity contribution in [1.82, 2.24) is 4.98 Å². The Morgan fingerprint density at radius 2 is 1.95 bits per heavy atom. The van der Waals surface area contributed by atoms with Gasteiger partial charge in [-0.15, -0.1) is 0 Å². The van der Waals surface area contributed by atoms with Gasteiger partial charge in [0.05, 0.1) is 12.8 Å². The molecule has 22 heavy (non-hydrogen) atoms. The lowest BCUT2D eigenvalue weighted by Crippen LogP contribution is -2.70. The zero-order valence-corrected chi connectivity index (χ0v) is 11.8. The van der Waals surface area contributed by atoms with Gasteiger partial charge in [-0.05, 0) is 0 Å². The summed E-state index contributed by atoms with van der Waals surface area (Å²) in [5.41, 5.74) is 0.808. The number of benzene rings is 1. The SMILES string of the molecule is COc1c(F)cc(N(C(C)=O)c2cc([NH2+][O-])ccn2)cc1F. The molecule has 0 fully saturated rings. The molecular weight excluding hydrogens is 296 g/mol. The van der Waals surface area contributed by atoms with Crippen LogP contribution in [0.15, 0.2) is 30.5 Å². The number of methoxy groups -OCH3 is 1. The van der Waals surface area contributed by atoms with Crippen LogP contribution in [0.2, 0.25) is 0 Å². The molecule has 116 valence electrons. The fourth-order valence-electron chi connectivity index (χ4n) is 1.98. The number of hydrogen-bond acceptors (Lipinski definition) is 4. The van der Waals surface area contributed by atoms with Gasteiger partial charge >= 0.3 is 0 Å². The molecule has 1 heterocycles. The van der Waals surface area contributed by atoms with Crippen LogP contribution in [0.4, 0.5) is 26.0 Å². The van der Waals surface area contributed by atoms with E-state index in [1.807, 2.05) is 0 Å². The highest BCUT2D eigenvalue weighted by Crippen LogP contribution is 2.31. The lowest BCUT2D eigenvalue weighted by Gasteiger charge is -2.21. The minimum Gasteiger partial charge on any atom is -0.630 e. The second kappa shape index (κ2) is 6.46. The van der Waals surface area contributed by atoms with Crippen molar-refractivity contribution in [2.75, 3.05) is 12.0 Å². The van der Waals surface area contributed by atoms with Gasteiger partial charge < -0.3 is 15.4 Å². The fourth-order valence-corrected chi connectivity index (χ4v) is 1.98. The van der Waals surface area contributed by atoms with Gasteiger partial charge in [0.2, 0.25) is 5.91 Å². The van der Waals surface area contributed by atoms with Crippen molar-refractivity contribution < 1.29 is 23.8 Å². The molecule has 1 aromatic heterocycles. The van der Waals surface area contributed by atoms with Crippen LogP contribution in [0.5, 0.6) is 5.75 Å². The topological polar surface area (TPSA) is 82.1 Å². The van der Waals surface area contributed by atoms with E-state index in [-0.39, 0.29) is 17.2 Å². The largest absolute Gasteiger partial charge is 0.630 e. The van der Waals surface area contributed by atoms with E-state index in [1.165, 1.54) is 25.3 Å². The van der Waals surface area contributed by atoms with Gasteiger partial charge in [0.15, 0.2) is 17.4 Å². The summed E-state index contributed by atoms with van der Waals surface area (Å²) in [7, 11) is 1.14. The number of pyridine rings is 1. The molecule has 6 nitrogen and oxygen atoms in total. The van der Waals surface area contributed by atoms with Gasteiger partial charge in [-0.1, -0.05) is 0 Å². The molecule has 0 saturated heterocycles. The Morgan fingerprint density at radius 1 is 1.32 bits per heavy atom. The minimum absolute atomic E-state index is 0.0566. The molecule has 1 aromatic carbocycles. The summed E-state index contributed by atoms with van der Waals surface area (Å²) in [4.78, 5) is 16.8. The highest BCUT2D eigenvalue weighted by atomic mass is 19.1. The summed E-state index contributed by atoms with van der Waals surface area (Å²) < 4.78 is 32.2. The molecule has 0 bridgehead atoms. The van der Waals surface area contributed by atoms with E-state index in [0.717, 1.165) is 24.1 Å². The Bertz CT molecular complexity index is 686. The first kappa shape index (κ1) is 15.8. The van der Waals surface area contributed by atoms with E-state index >= 15 is 0 Å². The van der Waals surface area contributed by atoms with E-state index < -0.39 is 23.3 Å². The average Bonchev–Trinajstić information content (AvgIpc) is 2.47. The third-order valence-corrected chi connectivity index (χ3v) is 2.90. The van der Waals surface area contributed by atoms with Gasteiger partial charge in [0, 0.05) is 37.4 Å². The van der Waals surface area contributed by atoms with Crippen molar-refractivity contribution in [3.05, 3.63) is 47.3 Å². The van der Waals surface area contributed by atoms with Crippen molar-refractivity contribution in [3.8, 4) is 5.75 Å². The molecular formula is C14H13F2N3O3. The van der Waals surface area contributed by atoms with Crippen LogP contribution in [-0.2, 0) is 4.79 Å². The standard InChI is InChI=1S/C14H13F2N3O3/c1-8(20)19(13-5-9(18-21)3-4-17-13)10-6-11(15)14(22-2)12(16)7-10/h3-7H,18H2,1-2H3. The number of anilines is 2. The number of aromatic nitrogens is 1. The first-order valence-electron chi connectivity index (χ1n) is 6.23. The second-order valence-electron chi connectivity index (χ2n) is 4.36. The zero-order chi connectivity index (χ0) is 16.3. The lowest BCUT2D eigenvalue weighted by molar-refractivity contribution is -0.497. The highest BCUT2D eigenvalue weighted by molar-refractivity contribution is 5.98. The summed E-state index contributed by atoms with van der Waals surface area (Å²) in [5, 5.41) is 10.8. The van der Waals surface area contributed by atoms with Crippen LogP contribution in [0.3, 0.4) is 0 Å². The maximum atomic E-state index is 13.8. The quantitative estimate of drug-likeness (QED) is 0.872. The molecule has 0 unspecified atom stereocenters. The number of quaternary nitrogens is 1. The Kier molecular flexibility index (Phi) is 4.64. The molecule has 0 aliphatic carbocycles.